The number of benzene rings is 6. The Morgan fingerprint density at radius 2 is 0.542 bits per heavy atom. The molecule has 42 nitrogen and oxygen atoms in total. The van der Waals surface area contributed by atoms with E-state index in [2.05, 4.69) is 41.2 Å². The number of carbonyl (C=O) groups is 2. The molecule has 3 heterocycles. The summed E-state index contributed by atoms with van der Waals surface area (Å²) in [7, 11) is 0. The summed E-state index contributed by atoms with van der Waals surface area (Å²) in [4.78, 5) is 82.6. The first-order valence-corrected chi connectivity index (χ1v) is 40.8. The molecule has 0 bridgehead atoms. The van der Waals surface area contributed by atoms with Gasteiger partial charge in [-0.3, -0.25) is 71.1 Å². The third kappa shape index (κ3) is 54.4. The Morgan fingerprint density at radius 3 is 0.733 bits per heavy atom. The minimum atomic E-state index is -0.902. The molecule has 0 fully saturated rings. The van der Waals surface area contributed by atoms with Crippen molar-refractivity contribution in [1.82, 2.24) is 10.6 Å². The molecule has 0 aromatic heterocycles. The van der Waals surface area contributed by atoms with E-state index in [1.807, 2.05) is 97.1 Å². The van der Waals surface area contributed by atoms with Crippen LogP contribution >= 0.6 is 0 Å². The molecular weight excluding hydrogens is 1810 g/mol. The molecule has 716 valence electrons. The zero-order valence-electron chi connectivity index (χ0n) is 72.6. The van der Waals surface area contributed by atoms with Crippen molar-refractivity contribution in [2.75, 3.05) is 222 Å². The Morgan fingerprint density at radius 1 is 0.351 bits per heavy atom. The van der Waals surface area contributed by atoms with Crippen molar-refractivity contribution < 1.29 is 156 Å². The van der Waals surface area contributed by atoms with Gasteiger partial charge in [0.05, 0.1) is 200 Å². The first kappa shape index (κ1) is 114. The van der Waals surface area contributed by atoms with E-state index >= 15 is 0 Å². The van der Waals surface area contributed by atoms with Gasteiger partial charge in [0.1, 0.15) is 52.9 Å². The SMILES string of the molecule is CC#N.CC#N.O=C(Nc1cc([N+](=O)[O-])cc([N+](=O)[O-])c1)OCCCCNC=C1C=NCCN=CC(=CNCCCCOC(=O)Nc2cc([N+](=O)[O-])cc([N+](=O)[O-])c2)C=NCCN=C1.[Cl-].[Cl-].[Ni+2].c1ccc2c(c1)OCCOCCOCCOc1ccccc1OCCOCCOCCO2.c1ccc2c(c1)OCCOCCOCCOc1ccccc1OCCOCCOCCO2. The molecule has 6 aromatic rings. The average Bonchev–Trinajstić information content (AvgIpc) is 0.842. The summed E-state index contributed by atoms with van der Waals surface area (Å²) < 4.78 is 101. The van der Waals surface area contributed by atoms with Gasteiger partial charge in [-0.2, -0.15) is 10.5 Å². The molecule has 0 saturated carbocycles. The van der Waals surface area contributed by atoms with E-state index in [4.69, 9.17) is 95.8 Å². The van der Waals surface area contributed by atoms with Crippen LogP contribution in [-0.2, 0) is 63.9 Å². The maximum absolute atomic E-state index is 12.1. The van der Waals surface area contributed by atoms with Crippen molar-refractivity contribution in [3.8, 4) is 58.1 Å². The van der Waals surface area contributed by atoms with Crippen LogP contribution in [0.2, 0.25) is 0 Å². The Balaban J connectivity index is 0.000000678. The van der Waals surface area contributed by atoms with E-state index < -0.39 is 54.6 Å². The second-order valence-electron chi connectivity index (χ2n) is 25.7. The second-order valence-corrected chi connectivity index (χ2v) is 25.7. The van der Waals surface area contributed by atoms with Crippen LogP contribution in [0.3, 0.4) is 0 Å². The van der Waals surface area contributed by atoms with E-state index in [0.29, 0.717) is 270 Å². The number of para-hydroxylation sites is 8. The Kier molecular flexibility index (Phi) is 65.7. The quantitative estimate of drug-likeness (QED) is 0.0334. The first-order valence-electron chi connectivity index (χ1n) is 40.8. The van der Waals surface area contributed by atoms with Crippen molar-refractivity contribution in [1.29, 1.82) is 10.5 Å². The van der Waals surface area contributed by atoms with Gasteiger partial charge >= 0.3 is 28.7 Å². The minimum Gasteiger partial charge on any atom is -1.00 e. The number of nitro groups is 4. The molecule has 0 saturated heterocycles. The van der Waals surface area contributed by atoms with E-state index in [0.717, 1.165) is 47.5 Å². The maximum atomic E-state index is 12.1. The molecule has 4 N–H and O–H groups in total. The van der Waals surface area contributed by atoms with Crippen molar-refractivity contribution in [2.24, 2.45) is 20.0 Å². The van der Waals surface area contributed by atoms with Crippen LogP contribution in [0.25, 0.3) is 0 Å². The topological polar surface area (TPSA) is 518 Å². The number of anilines is 2. The summed E-state index contributed by atoms with van der Waals surface area (Å²) in [5, 5.41) is 69.6. The summed E-state index contributed by atoms with van der Waals surface area (Å²) in [5.74, 6) is 5.46. The predicted molar refractivity (Wildman–Crippen MR) is 472 cm³/mol. The van der Waals surface area contributed by atoms with E-state index in [9.17, 15) is 50.0 Å². The maximum Gasteiger partial charge on any atom is 2.00 e. The normalized spacial score (nSPS) is 14.7. The minimum absolute atomic E-state index is 0. The molecule has 2 amide bonds. The second kappa shape index (κ2) is 75.2. The number of fused-ring (bicyclic) bond motifs is 4. The Labute approximate surface area is 780 Å². The van der Waals surface area contributed by atoms with Gasteiger partial charge in [0.2, 0.25) is 0 Å². The van der Waals surface area contributed by atoms with Crippen LogP contribution in [0.15, 0.2) is 177 Å². The molecule has 0 unspecified atom stereocenters. The molecule has 3 aliphatic heterocycles. The molecule has 6 aromatic carbocycles. The predicted octanol–water partition coefficient (Wildman–Crippen LogP) is 5.95. The molecule has 0 spiro atoms. The van der Waals surface area contributed by atoms with Crippen molar-refractivity contribution in [2.45, 2.75) is 39.5 Å². The number of non-ortho nitro benzene ring substituents is 4. The Bertz CT molecular complexity index is 3910. The van der Waals surface area contributed by atoms with Gasteiger partial charge in [0.15, 0.2) is 46.0 Å². The summed E-state index contributed by atoms with van der Waals surface area (Å²) in [5.41, 5.74) is -0.997. The number of nitrogens with one attached hydrogen (secondary N) is 4. The van der Waals surface area contributed by atoms with E-state index in [1.165, 1.54) is 13.8 Å². The fourth-order valence-electron chi connectivity index (χ4n) is 10.3. The number of hydrogen-bond donors (Lipinski definition) is 4. The first-order chi connectivity index (χ1) is 62.6. The van der Waals surface area contributed by atoms with Gasteiger partial charge in [-0.05, 0) is 74.2 Å². The zero-order valence-corrected chi connectivity index (χ0v) is 75.1. The monoisotopic (exact) mass is 1910 g/mol. The molecule has 9 rings (SSSR count). The summed E-state index contributed by atoms with van der Waals surface area (Å²) in [6.45, 7) is 16.6. The van der Waals surface area contributed by atoms with Crippen LogP contribution in [0.1, 0.15) is 39.5 Å². The number of hydrogen-bond acceptors (Lipinski definition) is 36. The summed E-state index contributed by atoms with van der Waals surface area (Å²) in [6, 6.07) is 39.3. The number of nitro benzene ring substituents is 4. The number of rotatable bonds is 18. The van der Waals surface area contributed by atoms with Gasteiger partial charge in [-0.25, -0.2) is 9.59 Å². The third-order valence-corrected chi connectivity index (χ3v) is 16.0. The number of allylic oxidation sites excluding steroid dienone is 2. The van der Waals surface area contributed by atoms with E-state index in [1.54, 1.807) is 49.4 Å². The van der Waals surface area contributed by atoms with Crippen molar-refractivity contribution in [3.05, 3.63) is 197 Å². The number of ether oxygens (including phenoxy) is 18. The van der Waals surface area contributed by atoms with Gasteiger partial charge in [-0.1, -0.05) is 48.5 Å². The number of carbonyl (C=O) groups excluding carboxylic acids is 2. The van der Waals surface area contributed by atoms with Gasteiger partial charge in [0.25, 0.3) is 22.7 Å². The summed E-state index contributed by atoms with van der Waals surface area (Å²) in [6.07, 6.45) is 10.6. The molecular formula is C86H110Cl2N14NiO28. The number of amides is 2. The van der Waals surface area contributed by atoms with E-state index in [-0.39, 0.29) is 65.9 Å². The van der Waals surface area contributed by atoms with Crippen LogP contribution in [0, 0.1) is 63.1 Å². The molecule has 3 aliphatic rings. The molecule has 45 heteroatoms. The van der Waals surface area contributed by atoms with Gasteiger partial charge in [-0.15, -0.1) is 0 Å². The van der Waals surface area contributed by atoms with Crippen molar-refractivity contribution >= 4 is 71.2 Å². The number of unbranched alkanes of at least 4 members (excludes halogenated alkanes) is 2. The largest absolute Gasteiger partial charge is 2.00 e. The van der Waals surface area contributed by atoms with Crippen molar-refractivity contribution in [3.63, 3.8) is 0 Å². The Hall–Kier alpha value is -12.6. The van der Waals surface area contributed by atoms with Crippen LogP contribution in [-0.4, -0.2) is 268 Å². The molecule has 0 aliphatic carbocycles. The average molecular weight is 1920 g/mol. The molecule has 0 atom stereocenters. The number of halogens is 2. The smallest absolute Gasteiger partial charge is 1.00 e. The van der Waals surface area contributed by atoms with Crippen LogP contribution in [0.5, 0.6) is 46.0 Å². The number of nitriles is 2. The standard InChI is InChI=1S/C34H40N12O12.2C24H32O8.2C2H3N.2ClH.Ni/c47-33(41-27-13-29(43(49)50)17-30(14-27)44(51)52)57-11-3-1-5-35-19-25-21-37-7-9-39-23-26(24-40-10-8-38-22-25)20-36-6-2-4-12-58-34(48)42-28-15-31(45(53)54)18-32(16-28)46(55)56;2*1-2-6-22-21(5-1)29-17-13-25-9-10-27-15-19-31-23-7-3-4-8-24(23)32-20-16-28-12-11-26-14-18-30-22;2*1-2-3;;;/h13-24,35-36H,1-12H2,(H,41,47)(H,42,48);2*1-8H,9-20H2;2*1H3;2*1H;/q;;;;;;;+2/p-2. The zero-order chi connectivity index (χ0) is 91.8. The molecule has 0 radical (unpaired) electrons. The van der Waals surface area contributed by atoms with Gasteiger partial charge in [0, 0.05) is 99.6 Å². The fraction of sp³-hybridized carbons (Fsp3) is 0.442. The van der Waals surface area contributed by atoms with Gasteiger partial charge < -0.3 is 121 Å². The van der Waals surface area contributed by atoms with Crippen LogP contribution in [0.4, 0.5) is 43.7 Å². The fourth-order valence-corrected chi connectivity index (χ4v) is 10.3. The summed E-state index contributed by atoms with van der Waals surface area (Å²) >= 11 is 0. The molecule has 131 heavy (non-hydrogen) atoms. The van der Waals surface area contributed by atoms with Crippen LogP contribution < -0.4 is 84.0 Å². The number of aliphatic imine (C=N–C) groups is 4. The number of nitrogens with zero attached hydrogens (tertiary/aromatic N) is 10. The third-order valence-electron chi connectivity index (χ3n) is 16.0.